The Morgan fingerprint density at radius 2 is 2.14 bits per heavy atom. The number of halogens is 1. The molecule has 1 unspecified atom stereocenters. The first-order chi connectivity index (χ1) is 13.8. The number of ether oxygens (including phenoxy) is 1. The number of H-pyrrole nitrogens is 1. The van der Waals surface area contributed by atoms with E-state index in [4.69, 9.17) is 16.3 Å². The minimum Gasteiger partial charge on any atom is -0.444 e. The molecule has 1 aromatic carbocycles. The molecule has 2 N–H and O–H groups in total. The van der Waals surface area contributed by atoms with Gasteiger partial charge in [0.05, 0.1) is 16.9 Å². The first-order valence-corrected chi connectivity index (χ1v) is 10.0. The van der Waals surface area contributed by atoms with E-state index in [0.717, 1.165) is 22.9 Å². The molecule has 152 valence electrons. The van der Waals surface area contributed by atoms with Crippen molar-refractivity contribution in [1.82, 2.24) is 19.9 Å². The minimum atomic E-state index is -0.504. The van der Waals surface area contributed by atoms with Crippen molar-refractivity contribution in [2.75, 3.05) is 18.4 Å². The van der Waals surface area contributed by atoms with Crippen LogP contribution in [0.25, 0.3) is 22.2 Å². The lowest BCUT2D eigenvalue weighted by Gasteiger charge is -2.24. The molecule has 7 nitrogen and oxygen atoms in total. The van der Waals surface area contributed by atoms with Gasteiger partial charge in [0.15, 0.2) is 0 Å². The molecule has 0 radical (unpaired) electrons. The van der Waals surface area contributed by atoms with Crippen LogP contribution in [-0.4, -0.2) is 50.7 Å². The average molecular weight is 414 g/mol. The van der Waals surface area contributed by atoms with Crippen molar-refractivity contribution in [2.45, 2.75) is 38.8 Å². The van der Waals surface area contributed by atoms with E-state index in [1.165, 1.54) is 0 Å². The number of aromatic nitrogens is 3. The molecule has 1 saturated heterocycles. The van der Waals surface area contributed by atoms with Crippen molar-refractivity contribution in [2.24, 2.45) is 0 Å². The second-order valence-corrected chi connectivity index (χ2v) is 8.60. The molecule has 0 aliphatic carbocycles. The van der Waals surface area contributed by atoms with Crippen LogP contribution in [0.15, 0.2) is 36.7 Å². The Morgan fingerprint density at radius 3 is 2.93 bits per heavy atom. The number of para-hydroxylation sites is 1. The van der Waals surface area contributed by atoms with Crippen LogP contribution in [0.5, 0.6) is 0 Å². The highest BCUT2D eigenvalue weighted by Gasteiger charge is 2.30. The number of nitrogens with one attached hydrogen (secondary N) is 2. The highest BCUT2D eigenvalue weighted by atomic mass is 35.5. The van der Waals surface area contributed by atoms with E-state index in [1.54, 1.807) is 11.1 Å². The first-order valence-electron chi connectivity index (χ1n) is 9.63. The third kappa shape index (κ3) is 4.29. The zero-order valence-corrected chi connectivity index (χ0v) is 17.5. The molecule has 0 spiro atoms. The summed E-state index contributed by atoms with van der Waals surface area (Å²) < 4.78 is 5.45. The molecule has 1 aliphatic rings. The van der Waals surface area contributed by atoms with Gasteiger partial charge in [0.1, 0.15) is 5.60 Å². The Labute approximate surface area is 174 Å². The lowest BCUT2D eigenvalue weighted by atomic mass is 10.1. The van der Waals surface area contributed by atoms with Gasteiger partial charge in [-0.25, -0.2) is 14.8 Å². The molecule has 1 atom stereocenters. The minimum absolute atomic E-state index is 0.0551. The number of carbonyl (C=O) groups is 1. The van der Waals surface area contributed by atoms with E-state index < -0.39 is 5.60 Å². The molecular formula is C21H24ClN5O2. The van der Waals surface area contributed by atoms with Crippen molar-refractivity contribution >= 4 is 34.5 Å². The topological polar surface area (TPSA) is 83.1 Å². The van der Waals surface area contributed by atoms with Gasteiger partial charge in [-0.1, -0.05) is 29.8 Å². The Hall–Kier alpha value is -2.80. The van der Waals surface area contributed by atoms with Crippen LogP contribution < -0.4 is 5.32 Å². The first kappa shape index (κ1) is 19.5. The van der Waals surface area contributed by atoms with Gasteiger partial charge in [0, 0.05) is 41.8 Å². The smallest absolute Gasteiger partial charge is 0.410 e. The molecule has 4 rings (SSSR count). The number of carbonyl (C=O) groups excluding carboxylic acids is 1. The van der Waals surface area contributed by atoms with Crippen LogP contribution in [0.2, 0.25) is 5.02 Å². The summed E-state index contributed by atoms with van der Waals surface area (Å²) in [4.78, 5) is 26.2. The number of hydrogen-bond donors (Lipinski definition) is 2. The van der Waals surface area contributed by atoms with Crippen LogP contribution in [0.4, 0.5) is 10.7 Å². The van der Waals surface area contributed by atoms with Gasteiger partial charge < -0.3 is 19.9 Å². The van der Waals surface area contributed by atoms with E-state index >= 15 is 0 Å². The highest BCUT2D eigenvalue weighted by Crippen LogP contribution is 2.32. The van der Waals surface area contributed by atoms with E-state index in [2.05, 4.69) is 20.3 Å². The molecule has 0 bridgehead atoms. The average Bonchev–Trinajstić information content (AvgIpc) is 3.29. The summed E-state index contributed by atoms with van der Waals surface area (Å²) in [6.07, 6.45) is 4.02. The number of hydrogen-bond acceptors (Lipinski definition) is 5. The fourth-order valence-electron chi connectivity index (χ4n) is 3.45. The Kier molecular flexibility index (Phi) is 5.08. The van der Waals surface area contributed by atoms with Crippen LogP contribution in [0.3, 0.4) is 0 Å². The Bertz CT molecular complexity index is 1040. The largest absolute Gasteiger partial charge is 0.444 e. The highest BCUT2D eigenvalue weighted by molar-refractivity contribution is 6.33. The van der Waals surface area contributed by atoms with Crippen LogP contribution >= 0.6 is 11.6 Å². The summed E-state index contributed by atoms with van der Waals surface area (Å²) in [6.45, 7) is 6.78. The summed E-state index contributed by atoms with van der Waals surface area (Å²) in [5.41, 5.74) is 2.12. The van der Waals surface area contributed by atoms with Crippen molar-refractivity contribution in [1.29, 1.82) is 0 Å². The number of likely N-dealkylation sites (tertiary alicyclic amines) is 1. The van der Waals surface area contributed by atoms with Crippen molar-refractivity contribution in [3.8, 4) is 11.3 Å². The second-order valence-electron chi connectivity index (χ2n) is 8.19. The number of amides is 1. The monoisotopic (exact) mass is 413 g/mol. The fourth-order valence-corrected chi connectivity index (χ4v) is 3.64. The summed E-state index contributed by atoms with van der Waals surface area (Å²) in [7, 11) is 0. The maximum atomic E-state index is 12.3. The number of aromatic amines is 1. The third-order valence-electron chi connectivity index (χ3n) is 4.76. The van der Waals surface area contributed by atoms with Crippen molar-refractivity contribution in [3.63, 3.8) is 0 Å². The van der Waals surface area contributed by atoms with Gasteiger partial charge >= 0.3 is 6.09 Å². The number of rotatable bonds is 3. The van der Waals surface area contributed by atoms with E-state index in [0.29, 0.717) is 29.8 Å². The number of nitrogens with zero attached hydrogens (tertiary/aromatic N) is 3. The maximum absolute atomic E-state index is 12.3. The molecule has 1 aliphatic heterocycles. The van der Waals surface area contributed by atoms with Crippen LogP contribution in [-0.2, 0) is 4.74 Å². The van der Waals surface area contributed by atoms with Crippen molar-refractivity contribution < 1.29 is 9.53 Å². The molecule has 1 amide bonds. The number of benzene rings is 1. The zero-order valence-electron chi connectivity index (χ0n) is 16.7. The summed E-state index contributed by atoms with van der Waals surface area (Å²) in [6, 6.07) is 8.06. The molecular weight excluding hydrogens is 390 g/mol. The molecule has 8 heteroatoms. The fraction of sp³-hybridized carbons (Fsp3) is 0.381. The molecule has 29 heavy (non-hydrogen) atoms. The molecule has 0 saturated carbocycles. The normalized spacial score (nSPS) is 17.0. The van der Waals surface area contributed by atoms with E-state index in [1.807, 2.05) is 51.2 Å². The SMILES string of the molecule is CC(C)(C)OC(=O)N1CCC(Nc2ncc(Cl)c(-c3c[nH]c4ccccc34)n2)C1. The number of anilines is 1. The molecule has 2 aromatic heterocycles. The molecule has 3 heterocycles. The standard InChI is InChI=1S/C21H24ClN5O2/c1-21(2,3)29-20(28)27-9-8-13(12-27)25-19-24-11-16(22)18(26-19)15-10-23-17-7-5-4-6-14(15)17/h4-7,10-11,13,23H,8-9,12H2,1-3H3,(H,24,25,26). The van der Waals surface area contributed by atoms with Gasteiger partial charge in [0.2, 0.25) is 5.95 Å². The summed E-state index contributed by atoms with van der Waals surface area (Å²) >= 11 is 6.39. The predicted molar refractivity (Wildman–Crippen MR) is 114 cm³/mol. The summed E-state index contributed by atoms with van der Waals surface area (Å²) in [5.74, 6) is 0.491. The molecule has 1 fully saturated rings. The summed E-state index contributed by atoms with van der Waals surface area (Å²) in [5, 5.41) is 4.87. The Balaban J connectivity index is 1.50. The maximum Gasteiger partial charge on any atom is 0.410 e. The van der Waals surface area contributed by atoms with Crippen LogP contribution in [0, 0.1) is 0 Å². The van der Waals surface area contributed by atoms with Crippen molar-refractivity contribution in [3.05, 3.63) is 41.7 Å². The molecule has 3 aromatic rings. The van der Waals surface area contributed by atoms with E-state index in [-0.39, 0.29) is 12.1 Å². The van der Waals surface area contributed by atoms with Gasteiger partial charge in [0.25, 0.3) is 0 Å². The lowest BCUT2D eigenvalue weighted by molar-refractivity contribution is 0.0293. The Morgan fingerprint density at radius 1 is 1.34 bits per heavy atom. The zero-order chi connectivity index (χ0) is 20.6. The number of fused-ring (bicyclic) bond motifs is 1. The van der Waals surface area contributed by atoms with Gasteiger partial charge in [-0.05, 0) is 33.3 Å². The third-order valence-corrected chi connectivity index (χ3v) is 5.04. The lowest BCUT2D eigenvalue weighted by Crippen LogP contribution is -2.36. The predicted octanol–water partition coefficient (Wildman–Crippen LogP) is 4.70. The van der Waals surface area contributed by atoms with Gasteiger partial charge in [-0.3, -0.25) is 0 Å². The van der Waals surface area contributed by atoms with Crippen LogP contribution in [0.1, 0.15) is 27.2 Å². The van der Waals surface area contributed by atoms with Gasteiger partial charge in [-0.2, -0.15) is 0 Å². The van der Waals surface area contributed by atoms with Gasteiger partial charge in [-0.15, -0.1) is 0 Å². The quantitative estimate of drug-likeness (QED) is 0.650. The second kappa shape index (κ2) is 7.55. The van der Waals surface area contributed by atoms with E-state index in [9.17, 15) is 4.79 Å².